The lowest BCUT2D eigenvalue weighted by Crippen LogP contribution is -1.98. The second kappa shape index (κ2) is 3.17. The van der Waals surface area contributed by atoms with Crippen LogP contribution in [0.5, 0.6) is 0 Å². The number of H-pyrrole nitrogens is 1. The lowest BCUT2D eigenvalue weighted by atomic mass is 10.0. The van der Waals surface area contributed by atoms with Crippen molar-refractivity contribution in [3.8, 4) is 0 Å². The number of aromatic amines is 1. The van der Waals surface area contributed by atoms with Crippen LogP contribution in [-0.2, 0) is 6.42 Å². The Morgan fingerprint density at radius 2 is 2.25 bits per heavy atom. The Balaban J connectivity index is 1.94. The zero-order chi connectivity index (χ0) is 8.39. The van der Waals surface area contributed by atoms with Gasteiger partial charge in [0.1, 0.15) is 5.82 Å². The smallest absolute Gasteiger partial charge is 0.145 e. The Labute approximate surface area is 72.4 Å². The van der Waals surface area contributed by atoms with Gasteiger partial charge in [0, 0.05) is 11.8 Å². The third kappa shape index (κ3) is 1.60. The fraction of sp³-hybridized carbons (Fsp3) is 0.667. The van der Waals surface area contributed by atoms with E-state index in [1.165, 1.54) is 31.4 Å². The summed E-state index contributed by atoms with van der Waals surface area (Å²) in [4.78, 5) is 0. The summed E-state index contributed by atoms with van der Waals surface area (Å²) >= 11 is 0. The van der Waals surface area contributed by atoms with Crippen molar-refractivity contribution in [2.45, 2.75) is 32.1 Å². The van der Waals surface area contributed by atoms with Crippen LogP contribution in [0.3, 0.4) is 0 Å². The zero-order valence-corrected chi connectivity index (χ0v) is 7.21. The van der Waals surface area contributed by atoms with Crippen molar-refractivity contribution < 1.29 is 0 Å². The molecule has 1 aliphatic rings. The second-order valence-electron chi connectivity index (χ2n) is 3.67. The highest BCUT2D eigenvalue weighted by molar-refractivity contribution is 5.28. The van der Waals surface area contributed by atoms with Gasteiger partial charge in [0.25, 0.3) is 0 Å². The van der Waals surface area contributed by atoms with Crippen molar-refractivity contribution in [1.82, 2.24) is 10.2 Å². The van der Waals surface area contributed by atoms with E-state index in [2.05, 4.69) is 10.2 Å². The summed E-state index contributed by atoms with van der Waals surface area (Å²) in [7, 11) is 0. The van der Waals surface area contributed by atoms with E-state index < -0.39 is 0 Å². The van der Waals surface area contributed by atoms with E-state index in [0.717, 1.165) is 12.3 Å². The van der Waals surface area contributed by atoms with E-state index in [1.54, 1.807) is 0 Å². The molecule has 0 saturated heterocycles. The number of rotatable bonds is 2. The van der Waals surface area contributed by atoms with Crippen LogP contribution in [0.1, 0.15) is 31.4 Å². The van der Waals surface area contributed by atoms with Crippen LogP contribution in [-0.4, -0.2) is 10.2 Å². The second-order valence-corrected chi connectivity index (χ2v) is 3.67. The number of nitrogens with two attached hydrogens (primary N) is 1. The number of nitrogens with zero attached hydrogens (tertiary/aromatic N) is 1. The maximum Gasteiger partial charge on any atom is 0.145 e. The SMILES string of the molecule is Nc1cc(CC2CCCC2)[nH]n1. The van der Waals surface area contributed by atoms with Crippen LogP contribution < -0.4 is 5.73 Å². The van der Waals surface area contributed by atoms with Crippen molar-refractivity contribution in [2.75, 3.05) is 5.73 Å². The quantitative estimate of drug-likeness (QED) is 0.701. The Morgan fingerprint density at radius 3 is 2.83 bits per heavy atom. The highest BCUT2D eigenvalue weighted by Crippen LogP contribution is 2.27. The Morgan fingerprint density at radius 1 is 1.50 bits per heavy atom. The van der Waals surface area contributed by atoms with Gasteiger partial charge in [-0.1, -0.05) is 25.7 Å². The molecule has 66 valence electrons. The van der Waals surface area contributed by atoms with Crippen molar-refractivity contribution in [1.29, 1.82) is 0 Å². The molecular formula is C9H15N3. The molecule has 1 aromatic heterocycles. The molecule has 3 N–H and O–H groups in total. The minimum atomic E-state index is 0.614. The van der Waals surface area contributed by atoms with Gasteiger partial charge in [-0.2, -0.15) is 5.10 Å². The molecular weight excluding hydrogens is 150 g/mol. The van der Waals surface area contributed by atoms with Crippen molar-refractivity contribution >= 4 is 5.82 Å². The molecule has 0 radical (unpaired) electrons. The third-order valence-corrected chi connectivity index (χ3v) is 2.63. The Bertz CT molecular complexity index is 248. The van der Waals surface area contributed by atoms with Crippen molar-refractivity contribution in [2.24, 2.45) is 5.92 Å². The highest BCUT2D eigenvalue weighted by atomic mass is 15.1. The predicted octanol–water partition coefficient (Wildman–Crippen LogP) is 1.72. The largest absolute Gasteiger partial charge is 0.382 e. The average Bonchev–Trinajstić information content (AvgIpc) is 2.63. The summed E-state index contributed by atoms with van der Waals surface area (Å²) in [6.07, 6.45) is 6.67. The normalized spacial score (nSPS) is 18.7. The molecule has 3 nitrogen and oxygen atoms in total. The minimum Gasteiger partial charge on any atom is -0.382 e. The van der Waals surface area contributed by atoms with Gasteiger partial charge in [0.05, 0.1) is 0 Å². The summed E-state index contributed by atoms with van der Waals surface area (Å²) in [6.45, 7) is 0. The molecule has 12 heavy (non-hydrogen) atoms. The number of nitrogens with one attached hydrogen (secondary N) is 1. The number of anilines is 1. The van der Waals surface area contributed by atoms with Gasteiger partial charge >= 0.3 is 0 Å². The highest BCUT2D eigenvalue weighted by Gasteiger charge is 2.15. The molecule has 2 rings (SSSR count). The van der Waals surface area contributed by atoms with E-state index in [0.29, 0.717) is 5.82 Å². The molecule has 1 heterocycles. The van der Waals surface area contributed by atoms with Crippen LogP contribution >= 0.6 is 0 Å². The number of hydrogen-bond acceptors (Lipinski definition) is 2. The third-order valence-electron chi connectivity index (χ3n) is 2.63. The van der Waals surface area contributed by atoms with Crippen LogP contribution in [0.25, 0.3) is 0 Å². The van der Waals surface area contributed by atoms with Crippen LogP contribution in [0.15, 0.2) is 6.07 Å². The minimum absolute atomic E-state index is 0.614. The monoisotopic (exact) mass is 165 g/mol. The molecule has 3 heteroatoms. The van der Waals surface area contributed by atoms with Gasteiger partial charge in [-0.05, 0) is 12.3 Å². The first-order valence-corrected chi connectivity index (χ1v) is 4.64. The van der Waals surface area contributed by atoms with Crippen LogP contribution in [0.2, 0.25) is 0 Å². The lowest BCUT2D eigenvalue weighted by molar-refractivity contribution is 0.538. The fourth-order valence-electron chi connectivity index (χ4n) is 2.01. The summed E-state index contributed by atoms with van der Waals surface area (Å²) in [5.74, 6) is 1.48. The lowest BCUT2D eigenvalue weighted by Gasteiger charge is -2.04. The molecule has 0 aromatic carbocycles. The topological polar surface area (TPSA) is 54.7 Å². The van der Waals surface area contributed by atoms with Crippen LogP contribution in [0, 0.1) is 5.92 Å². The van der Waals surface area contributed by atoms with E-state index in [9.17, 15) is 0 Å². The molecule has 0 amide bonds. The number of hydrogen-bond donors (Lipinski definition) is 2. The average molecular weight is 165 g/mol. The maximum absolute atomic E-state index is 5.51. The van der Waals surface area contributed by atoms with E-state index >= 15 is 0 Å². The summed E-state index contributed by atoms with van der Waals surface area (Å²) in [5.41, 5.74) is 6.70. The first-order chi connectivity index (χ1) is 5.84. The van der Waals surface area contributed by atoms with Crippen LogP contribution in [0.4, 0.5) is 5.82 Å². The Kier molecular flexibility index (Phi) is 2.02. The molecule has 0 spiro atoms. The van der Waals surface area contributed by atoms with Gasteiger partial charge in [-0.3, -0.25) is 5.10 Å². The van der Waals surface area contributed by atoms with Gasteiger partial charge in [-0.25, -0.2) is 0 Å². The van der Waals surface area contributed by atoms with E-state index in [-0.39, 0.29) is 0 Å². The first-order valence-electron chi connectivity index (χ1n) is 4.64. The summed E-state index contributed by atoms with van der Waals surface area (Å²) < 4.78 is 0. The molecule has 1 aliphatic carbocycles. The fourth-order valence-corrected chi connectivity index (χ4v) is 2.01. The van der Waals surface area contributed by atoms with E-state index in [4.69, 9.17) is 5.73 Å². The number of aromatic nitrogens is 2. The Hall–Kier alpha value is -0.990. The first kappa shape index (κ1) is 7.65. The molecule has 1 saturated carbocycles. The van der Waals surface area contributed by atoms with E-state index in [1.807, 2.05) is 6.07 Å². The summed E-state index contributed by atoms with van der Waals surface area (Å²) in [6, 6.07) is 1.94. The van der Waals surface area contributed by atoms with Crippen molar-refractivity contribution in [3.05, 3.63) is 11.8 Å². The maximum atomic E-state index is 5.51. The summed E-state index contributed by atoms with van der Waals surface area (Å²) in [5, 5.41) is 6.87. The molecule has 0 unspecified atom stereocenters. The van der Waals surface area contributed by atoms with Gasteiger partial charge in [0.2, 0.25) is 0 Å². The standard InChI is InChI=1S/C9H15N3/c10-9-6-8(11-12-9)5-7-3-1-2-4-7/h6-7H,1-5H2,(H3,10,11,12). The molecule has 0 aliphatic heterocycles. The van der Waals surface area contributed by atoms with Gasteiger partial charge < -0.3 is 5.73 Å². The van der Waals surface area contributed by atoms with Gasteiger partial charge in [-0.15, -0.1) is 0 Å². The van der Waals surface area contributed by atoms with Gasteiger partial charge in [0.15, 0.2) is 0 Å². The predicted molar refractivity (Wildman–Crippen MR) is 48.7 cm³/mol. The molecule has 1 aromatic rings. The molecule has 0 atom stereocenters. The van der Waals surface area contributed by atoms with Crippen molar-refractivity contribution in [3.63, 3.8) is 0 Å². The molecule has 1 fully saturated rings. The molecule has 0 bridgehead atoms. The zero-order valence-electron chi connectivity index (χ0n) is 7.21. The number of nitrogen functional groups attached to an aromatic ring is 1.